The lowest BCUT2D eigenvalue weighted by Crippen LogP contribution is -2.61. The summed E-state index contributed by atoms with van der Waals surface area (Å²) in [6.07, 6.45) is 0. The molecule has 4 aromatic heterocycles. The Balaban J connectivity index is 1.03. The Morgan fingerprint density at radius 1 is 0.275 bits per heavy atom. The van der Waals surface area contributed by atoms with Gasteiger partial charge in [0.05, 0.1) is 81.6 Å². The van der Waals surface area contributed by atoms with Crippen LogP contribution in [0.25, 0.3) is 134 Å². The highest BCUT2D eigenvalue weighted by atomic mass is 15.2. The van der Waals surface area contributed by atoms with Gasteiger partial charge in [0.2, 0.25) is 0 Å². The van der Waals surface area contributed by atoms with Gasteiger partial charge in [0, 0.05) is 83.4 Å². The minimum absolute atomic E-state index is 0.00451. The molecule has 18 aromatic rings. The predicted octanol–water partition coefficient (Wildman–Crippen LogP) is 22.6. The molecule has 518 valence electrons. The Bertz CT molecular complexity index is 8250. The van der Waals surface area contributed by atoms with Crippen molar-refractivity contribution in [3.8, 4) is 90.8 Å². The molecule has 20 rings (SSSR count). The standard InChI is InChI=1S/C98H73BN10/c1-97(2,3)68-49-54-84(76(57-68)95-102-91(63-32-14-8-15-33-63)100-92(103-95)64-34-16-9-17-35-64)108-86-56-67(62-30-12-7-13-31-62)48-52-78(86)99-79-53-51-70(106-80-44-26-22-40-72(80)73-41-23-27-45-81(73)106)59-87(79)109(89-61-71(60-88(108)90(89)99)107-82-46-28-24-42-74(82)75-43-25-29-47-83(75)107)85-55-50-69(98(4,5)6)58-77(85)96-104-93(65-36-18-10-19-37-65)101-94(105-96)66-38-20-11-21-39-66/h7-61H,1-6H3/i7D,8D,9D,12D,13D,14D,15D,16D,17D,22D,23D,24D,25D,26D,27D,28D,29D,30D,31D,32D,33D,34D,35D,40D,41D,42D,43D,44D,45D,46D,47D. The molecule has 11 heteroatoms. The zero-order valence-corrected chi connectivity index (χ0v) is 58.9. The normalized spacial score (nSPS) is 16.6. The first-order valence-corrected chi connectivity index (χ1v) is 34.9. The summed E-state index contributed by atoms with van der Waals surface area (Å²) < 4.78 is 295. The van der Waals surface area contributed by atoms with Crippen molar-refractivity contribution >= 4 is 101 Å². The van der Waals surface area contributed by atoms with Crippen LogP contribution in [0, 0.1) is 0 Å². The molecule has 0 N–H and O–H groups in total. The van der Waals surface area contributed by atoms with Gasteiger partial charge >= 0.3 is 0 Å². The maximum Gasteiger partial charge on any atom is 0.252 e. The number of fused-ring (bicyclic) bond motifs is 10. The van der Waals surface area contributed by atoms with Crippen molar-refractivity contribution in [2.75, 3.05) is 9.80 Å². The van der Waals surface area contributed by atoms with Crippen LogP contribution < -0.4 is 26.2 Å². The SMILES string of the molecule is [2H]c1c([2H])c([2H])c(-c2ccc3c(c2)N(c2ccc(C(C)(C)C)cc2-c2nc(-c4c([2H])c([2H])c([2H])c([2H])c4[2H])nc(-c4c([2H])c([2H])c([2H])c([2H])c4[2H])n2)c2cc(-n4c5c([2H])c([2H])c([2H])c([2H])c5c5c([2H])c([2H])c([2H])c([2H])c54)cc4c2B3c2ccc(-n3c5c([2H])c([2H])c([2H])c([2H])c5c5c([2H])c([2H])c([2H])c([2H])c53)cc2N4c2ccc(C(C)(C)C)cc2-c2nc(-c3ccccc3)nc(-c3ccccc3)n2)c([2H])c1[2H]. The second kappa shape index (κ2) is 25.6. The summed E-state index contributed by atoms with van der Waals surface area (Å²) in [4.78, 5) is 34.3. The Labute approximate surface area is 677 Å². The van der Waals surface area contributed by atoms with Gasteiger partial charge in [0.1, 0.15) is 0 Å². The lowest BCUT2D eigenvalue weighted by molar-refractivity contribution is 0.590. The van der Waals surface area contributed by atoms with Crippen molar-refractivity contribution in [1.82, 2.24) is 39.0 Å². The first kappa shape index (κ1) is 40.2. The molecular formula is C98H73BN10. The summed E-state index contributed by atoms with van der Waals surface area (Å²) >= 11 is 0. The van der Waals surface area contributed by atoms with Crippen LogP contribution in [0.3, 0.4) is 0 Å². The molecule has 14 aromatic carbocycles. The van der Waals surface area contributed by atoms with Crippen LogP contribution in [0.2, 0.25) is 0 Å². The number of anilines is 6. The van der Waals surface area contributed by atoms with E-state index in [2.05, 4.69) is 0 Å². The summed E-state index contributed by atoms with van der Waals surface area (Å²) in [5.74, 6) is -1.37. The molecule has 0 spiro atoms. The number of hydrogen-bond donors (Lipinski definition) is 0. The van der Waals surface area contributed by atoms with Crippen LogP contribution in [-0.2, 0) is 10.8 Å². The van der Waals surface area contributed by atoms with Crippen LogP contribution in [0.5, 0.6) is 0 Å². The van der Waals surface area contributed by atoms with Gasteiger partial charge in [-0.3, -0.25) is 0 Å². The first-order chi connectivity index (χ1) is 66.2. The van der Waals surface area contributed by atoms with Gasteiger partial charge in [-0.1, -0.05) is 296 Å². The van der Waals surface area contributed by atoms with Gasteiger partial charge in [-0.15, -0.1) is 0 Å². The van der Waals surface area contributed by atoms with E-state index in [9.17, 15) is 30.2 Å². The second-order valence-electron chi connectivity index (χ2n) is 28.4. The number of nitrogens with zero attached hydrogens (tertiary/aromatic N) is 10. The van der Waals surface area contributed by atoms with Crippen LogP contribution >= 0.6 is 0 Å². The average molecular weight is 1430 g/mol. The summed E-state index contributed by atoms with van der Waals surface area (Å²) in [6, 6.07) is 18.3. The molecule has 0 saturated heterocycles. The summed E-state index contributed by atoms with van der Waals surface area (Å²) in [7, 11) is 0. The van der Waals surface area contributed by atoms with E-state index in [4.69, 9.17) is 42.2 Å². The Morgan fingerprint density at radius 2 is 0.624 bits per heavy atom. The number of aromatic nitrogens is 8. The predicted molar refractivity (Wildman–Crippen MR) is 451 cm³/mol. The number of benzene rings is 14. The van der Waals surface area contributed by atoms with Crippen molar-refractivity contribution in [2.45, 2.75) is 52.4 Å². The lowest BCUT2D eigenvalue weighted by Gasteiger charge is -2.45. The first-order valence-electron chi connectivity index (χ1n) is 50.4. The van der Waals surface area contributed by atoms with E-state index in [1.165, 1.54) is 9.13 Å². The molecule has 10 nitrogen and oxygen atoms in total. The number of para-hydroxylation sites is 4. The zero-order chi connectivity index (χ0) is 100. The van der Waals surface area contributed by atoms with Gasteiger partial charge < -0.3 is 18.9 Å². The quantitative estimate of drug-likeness (QED) is 0.118. The number of rotatable bonds is 11. The molecule has 0 bridgehead atoms. The molecule has 2 aliphatic rings. The fraction of sp³-hybridized carbons (Fsp3) is 0.0816. The molecular weight excluding hydrogens is 1330 g/mol. The van der Waals surface area contributed by atoms with E-state index in [0.717, 1.165) is 0 Å². The van der Waals surface area contributed by atoms with Gasteiger partial charge in [0.25, 0.3) is 6.71 Å². The zero-order valence-electron chi connectivity index (χ0n) is 89.9. The van der Waals surface area contributed by atoms with E-state index in [-0.39, 0.29) is 134 Å². The van der Waals surface area contributed by atoms with E-state index in [1.54, 1.807) is 71.6 Å². The van der Waals surface area contributed by atoms with Crippen LogP contribution in [0.1, 0.15) is 95.2 Å². The molecule has 0 amide bonds. The molecule has 2 aliphatic heterocycles. The van der Waals surface area contributed by atoms with Crippen molar-refractivity contribution in [1.29, 1.82) is 0 Å². The highest BCUT2D eigenvalue weighted by Crippen LogP contribution is 2.52. The molecule has 0 saturated carbocycles. The van der Waals surface area contributed by atoms with Crippen molar-refractivity contribution in [3.63, 3.8) is 0 Å². The number of hydrogen-bond acceptors (Lipinski definition) is 8. The molecule has 0 radical (unpaired) electrons. The fourth-order valence-corrected chi connectivity index (χ4v) is 14.8. The third kappa shape index (κ3) is 11.0. The van der Waals surface area contributed by atoms with E-state index < -0.39 is 233 Å². The molecule has 109 heavy (non-hydrogen) atoms. The second-order valence-corrected chi connectivity index (χ2v) is 28.4. The van der Waals surface area contributed by atoms with Crippen molar-refractivity contribution in [2.24, 2.45) is 0 Å². The summed E-state index contributed by atoms with van der Waals surface area (Å²) in [6.45, 7) is 10.3. The van der Waals surface area contributed by atoms with Gasteiger partial charge in [-0.25, -0.2) is 29.9 Å². The van der Waals surface area contributed by atoms with E-state index >= 15 is 0 Å². The maximum absolute atomic E-state index is 10.2. The molecule has 0 fully saturated rings. The fourth-order valence-electron chi connectivity index (χ4n) is 14.8. The third-order valence-electron chi connectivity index (χ3n) is 19.9. The summed E-state index contributed by atoms with van der Waals surface area (Å²) in [5, 5.41) is -1.27. The molecule has 6 heterocycles. The Morgan fingerprint density at radius 3 is 1.05 bits per heavy atom. The highest BCUT2D eigenvalue weighted by Gasteiger charge is 2.46. The van der Waals surface area contributed by atoms with Gasteiger partial charge in [-0.2, -0.15) is 0 Å². The molecule has 0 unspecified atom stereocenters. The van der Waals surface area contributed by atoms with Crippen LogP contribution in [0.15, 0.2) is 333 Å². The van der Waals surface area contributed by atoms with E-state index in [0.29, 0.717) is 33.2 Å². The monoisotopic (exact) mass is 1430 g/mol. The van der Waals surface area contributed by atoms with E-state index in [1.807, 2.05) is 125 Å². The largest absolute Gasteiger partial charge is 0.311 e. The van der Waals surface area contributed by atoms with Crippen molar-refractivity contribution < 1.29 is 42.5 Å². The summed E-state index contributed by atoms with van der Waals surface area (Å²) in [5.41, 5.74) is -0.890. The van der Waals surface area contributed by atoms with Crippen LogP contribution in [0.4, 0.5) is 34.1 Å². The van der Waals surface area contributed by atoms with Gasteiger partial charge in [-0.05, 0) is 128 Å². The minimum Gasteiger partial charge on any atom is -0.311 e. The van der Waals surface area contributed by atoms with Crippen LogP contribution in [-0.4, -0.2) is 45.8 Å². The van der Waals surface area contributed by atoms with Gasteiger partial charge in [0.15, 0.2) is 34.9 Å². The Hall–Kier alpha value is -13.6. The maximum atomic E-state index is 10.2. The smallest absolute Gasteiger partial charge is 0.252 e. The average Bonchev–Trinajstić information content (AvgIpc) is 1.32. The van der Waals surface area contributed by atoms with Crippen molar-refractivity contribution in [3.05, 3.63) is 344 Å². The highest BCUT2D eigenvalue weighted by molar-refractivity contribution is 7.00. The lowest BCUT2D eigenvalue weighted by atomic mass is 9.33. The minimum atomic E-state index is -1.28. The Kier molecular flexibility index (Phi) is 9.43. The third-order valence-corrected chi connectivity index (χ3v) is 19.9. The topological polar surface area (TPSA) is 93.7 Å². The molecule has 0 aliphatic carbocycles. The molecule has 0 atom stereocenters.